The van der Waals surface area contributed by atoms with Crippen molar-refractivity contribution >= 4 is 0 Å². The molecular formula is C15H21N3O. The Balaban J connectivity index is 2.46. The van der Waals surface area contributed by atoms with E-state index in [1.807, 2.05) is 29.8 Å². The number of ether oxygens (including phenoxy) is 1. The Kier molecular flexibility index (Phi) is 3.90. The van der Waals surface area contributed by atoms with E-state index in [0.717, 1.165) is 22.7 Å². The number of methoxy groups -OCH3 is 1. The van der Waals surface area contributed by atoms with Gasteiger partial charge in [-0.2, -0.15) is 5.10 Å². The van der Waals surface area contributed by atoms with Gasteiger partial charge in [-0.1, -0.05) is 12.1 Å². The second-order valence-corrected chi connectivity index (χ2v) is 4.77. The van der Waals surface area contributed by atoms with Gasteiger partial charge in [-0.25, -0.2) is 0 Å². The van der Waals surface area contributed by atoms with Crippen LogP contribution in [0.1, 0.15) is 28.6 Å². The lowest BCUT2D eigenvalue weighted by Crippen LogP contribution is -2.22. The van der Waals surface area contributed by atoms with Gasteiger partial charge in [0.05, 0.1) is 18.8 Å². The van der Waals surface area contributed by atoms with E-state index in [0.29, 0.717) is 6.54 Å². The van der Waals surface area contributed by atoms with Crippen LogP contribution in [0, 0.1) is 20.8 Å². The van der Waals surface area contributed by atoms with Gasteiger partial charge in [0, 0.05) is 12.2 Å². The maximum Gasteiger partial charge on any atom is 0.119 e. The first-order chi connectivity index (χ1) is 9.08. The number of aromatic nitrogens is 2. The van der Waals surface area contributed by atoms with E-state index in [-0.39, 0.29) is 6.04 Å². The summed E-state index contributed by atoms with van der Waals surface area (Å²) in [4.78, 5) is 0. The highest BCUT2D eigenvalue weighted by molar-refractivity contribution is 5.32. The van der Waals surface area contributed by atoms with Gasteiger partial charge < -0.3 is 10.5 Å². The molecular weight excluding hydrogens is 238 g/mol. The van der Waals surface area contributed by atoms with E-state index in [1.165, 1.54) is 5.56 Å². The van der Waals surface area contributed by atoms with Crippen LogP contribution in [0.15, 0.2) is 24.3 Å². The van der Waals surface area contributed by atoms with Crippen LogP contribution in [0.4, 0.5) is 0 Å². The summed E-state index contributed by atoms with van der Waals surface area (Å²) < 4.78 is 7.29. The normalized spacial score (nSPS) is 12.5. The first-order valence-electron chi connectivity index (χ1n) is 6.44. The second kappa shape index (κ2) is 5.45. The summed E-state index contributed by atoms with van der Waals surface area (Å²) in [6.45, 7) is 6.71. The Morgan fingerprint density at radius 3 is 2.58 bits per heavy atom. The van der Waals surface area contributed by atoms with Crippen LogP contribution in [-0.4, -0.2) is 23.4 Å². The molecule has 1 aromatic heterocycles. The molecule has 1 aromatic carbocycles. The molecule has 0 bridgehead atoms. The van der Waals surface area contributed by atoms with E-state index in [2.05, 4.69) is 25.0 Å². The van der Waals surface area contributed by atoms with Gasteiger partial charge in [-0.15, -0.1) is 0 Å². The Morgan fingerprint density at radius 1 is 1.32 bits per heavy atom. The minimum atomic E-state index is 0.0440. The summed E-state index contributed by atoms with van der Waals surface area (Å²) in [7, 11) is 1.67. The highest BCUT2D eigenvalue weighted by Gasteiger charge is 2.18. The second-order valence-electron chi connectivity index (χ2n) is 4.77. The largest absolute Gasteiger partial charge is 0.497 e. The molecule has 0 radical (unpaired) electrons. The summed E-state index contributed by atoms with van der Waals surface area (Å²) in [5.41, 5.74) is 10.5. The standard InChI is InChI=1S/C15H21N3O/c1-10-11(2)17-18(12(10)3)15(9-16)13-6-5-7-14(8-13)19-4/h5-8,15H,9,16H2,1-4H3. The number of benzene rings is 1. The third-order valence-electron chi connectivity index (χ3n) is 3.68. The van der Waals surface area contributed by atoms with Crippen LogP contribution >= 0.6 is 0 Å². The summed E-state index contributed by atoms with van der Waals surface area (Å²) >= 11 is 0. The van der Waals surface area contributed by atoms with Gasteiger partial charge in [-0.3, -0.25) is 4.68 Å². The molecule has 0 aliphatic heterocycles. The SMILES string of the molecule is COc1cccc(C(CN)n2nc(C)c(C)c2C)c1. The summed E-state index contributed by atoms with van der Waals surface area (Å²) in [5.74, 6) is 0.842. The molecule has 1 atom stereocenters. The molecule has 0 fully saturated rings. The molecule has 4 nitrogen and oxygen atoms in total. The molecule has 4 heteroatoms. The highest BCUT2D eigenvalue weighted by Crippen LogP contribution is 2.24. The van der Waals surface area contributed by atoms with Crippen LogP contribution in [0.25, 0.3) is 0 Å². The van der Waals surface area contributed by atoms with Crippen molar-refractivity contribution in [3.63, 3.8) is 0 Å². The first-order valence-corrected chi connectivity index (χ1v) is 6.44. The molecule has 0 aliphatic carbocycles. The number of aryl methyl sites for hydroxylation is 1. The molecule has 0 saturated carbocycles. The zero-order valence-electron chi connectivity index (χ0n) is 12.0. The summed E-state index contributed by atoms with van der Waals surface area (Å²) in [6, 6.07) is 8.04. The van der Waals surface area contributed by atoms with Gasteiger partial charge >= 0.3 is 0 Å². The fourth-order valence-electron chi connectivity index (χ4n) is 2.27. The molecule has 102 valence electrons. The maximum atomic E-state index is 5.95. The Labute approximate surface area is 114 Å². The van der Waals surface area contributed by atoms with Crippen molar-refractivity contribution in [1.29, 1.82) is 0 Å². The number of nitrogens with zero attached hydrogens (tertiary/aromatic N) is 2. The topological polar surface area (TPSA) is 53.1 Å². The molecule has 0 amide bonds. The van der Waals surface area contributed by atoms with Crippen molar-refractivity contribution in [3.8, 4) is 5.75 Å². The molecule has 0 spiro atoms. The Hall–Kier alpha value is -1.81. The molecule has 1 heterocycles. The third kappa shape index (κ3) is 2.49. The molecule has 1 unspecified atom stereocenters. The van der Waals surface area contributed by atoms with Gasteiger partial charge in [0.2, 0.25) is 0 Å². The van der Waals surface area contributed by atoms with Crippen molar-refractivity contribution in [3.05, 3.63) is 46.8 Å². The van der Waals surface area contributed by atoms with Crippen LogP contribution in [0.2, 0.25) is 0 Å². The van der Waals surface area contributed by atoms with E-state index in [4.69, 9.17) is 10.5 Å². The Bertz CT molecular complexity index is 575. The fraction of sp³-hybridized carbons (Fsp3) is 0.400. The smallest absolute Gasteiger partial charge is 0.119 e. The average Bonchev–Trinajstić information content (AvgIpc) is 2.68. The molecule has 2 aromatic rings. The average molecular weight is 259 g/mol. The molecule has 0 saturated heterocycles. The quantitative estimate of drug-likeness (QED) is 0.917. The molecule has 0 aliphatic rings. The minimum absolute atomic E-state index is 0.0440. The van der Waals surface area contributed by atoms with Crippen molar-refractivity contribution in [2.75, 3.05) is 13.7 Å². The van der Waals surface area contributed by atoms with Gasteiger partial charge in [0.25, 0.3) is 0 Å². The molecule has 2 rings (SSSR count). The number of hydrogen-bond acceptors (Lipinski definition) is 3. The van der Waals surface area contributed by atoms with Crippen LogP contribution < -0.4 is 10.5 Å². The lowest BCUT2D eigenvalue weighted by molar-refractivity contribution is 0.412. The van der Waals surface area contributed by atoms with Crippen LogP contribution in [0.3, 0.4) is 0 Å². The van der Waals surface area contributed by atoms with E-state index in [9.17, 15) is 0 Å². The van der Waals surface area contributed by atoms with Crippen molar-refractivity contribution in [2.24, 2.45) is 5.73 Å². The van der Waals surface area contributed by atoms with E-state index >= 15 is 0 Å². The van der Waals surface area contributed by atoms with Gasteiger partial charge in [0.1, 0.15) is 5.75 Å². The predicted molar refractivity (Wildman–Crippen MR) is 76.6 cm³/mol. The highest BCUT2D eigenvalue weighted by atomic mass is 16.5. The molecule has 2 N–H and O–H groups in total. The fourth-order valence-corrected chi connectivity index (χ4v) is 2.27. The third-order valence-corrected chi connectivity index (χ3v) is 3.68. The van der Waals surface area contributed by atoms with Crippen molar-refractivity contribution in [2.45, 2.75) is 26.8 Å². The zero-order valence-corrected chi connectivity index (χ0v) is 12.0. The van der Waals surface area contributed by atoms with E-state index in [1.54, 1.807) is 7.11 Å². The van der Waals surface area contributed by atoms with E-state index < -0.39 is 0 Å². The van der Waals surface area contributed by atoms with Crippen molar-refractivity contribution < 1.29 is 4.74 Å². The lowest BCUT2D eigenvalue weighted by atomic mass is 10.1. The maximum absolute atomic E-state index is 5.95. The predicted octanol–water partition coefficient (Wildman–Crippen LogP) is 2.37. The first kappa shape index (κ1) is 13.6. The minimum Gasteiger partial charge on any atom is -0.497 e. The van der Waals surface area contributed by atoms with Gasteiger partial charge in [0.15, 0.2) is 0 Å². The summed E-state index contributed by atoms with van der Waals surface area (Å²) in [5, 5.41) is 4.61. The van der Waals surface area contributed by atoms with Crippen LogP contribution in [-0.2, 0) is 0 Å². The lowest BCUT2D eigenvalue weighted by Gasteiger charge is -2.18. The van der Waals surface area contributed by atoms with Gasteiger partial charge in [-0.05, 0) is 44.0 Å². The van der Waals surface area contributed by atoms with Crippen molar-refractivity contribution in [1.82, 2.24) is 9.78 Å². The number of hydrogen-bond donors (Lipinski definition) is 1. The number of rotatable bonds is 4. The summed E-state index contributed by atoms with van der Waals surface area (Å²) in [6.07, 6.45) is 0. The Morgan fingerprint density at radius 2 is 2.05 bits per heavy atom. The zero-order chi connectivity index (χ0) is 14.0. The van der Waals surface area contributed by atoms with Crippen LogP contribution in [0.5, 0.6) is 5.75 Å². The molecule has 19 heavy (non-hydrogen) atoms. The monoisotopic (exact) mass is 259 g/mol. The number of nitrogens with two attached hydrogens (primary N) is 1.